The number of ether oxygens (including phenoxy) is 2. The third kappa shape index (κ3) is 1.61. The lowest BCUT2D eigenvalue weighted by molar-refractivity contribution is 0.346. The Morgan fingerprint density at radius 2 is 2.06 bits per heavy atom. The fraction of sp³-hybridized carbons (Fsp3) is 0.571. The fourth-order valence-corrected chi connectivity index (χ4v) is 3.35. The third-order valence-corrected chi connectivity index (χ3v) is 4.14. The van der Waals surface area contributed by atoms with Gasteiger partial charge in [0.25, 0.3) is 0 Å². The maximum absolute atomic E-state index is 5.54. The van der Waals surface area contributed by atoms with E-state index >= 15 is 0 Å². The van der Waals surface area contributed by atoms with Crippen molar-refractivity contribution in [3.63, 3.8) is 0 Å². The minimum Gasteiger partial charge on any atom is -0.493 e. The van der Waals surface area contributed by atoms with Crippen molar-refractivity contribution < 1.29 is 9.47 Å². The molecule has 1 saturated heterocycles. The van der Waals surface area contributed by atoms with Crippen LogP contribution in [0.25, 0.3) is 0 Å². The highest BCUT2D eigenvalue weighted by atomic mass is 16.5. The molecule has 0 bridgehead atoms. The summed E-state index contributed by atoms with van der Waals surface area (Å²) in [6.45, 7) is 1.14. The summed E-state index contributed by atoms with van der Waals surface area (Å²) in [5.74, 6) is 2.46. The Hall–Kier alpha value is -1.22. The van der Waals surface area contributed by atoms with Crippen molar-refractivity contribution in [2.45, 2.75) is 31.2 Å². The summed E-state index contributed by atoms with van der Waals surface area (Å²) in [7, 11) is 3.43. The number of hydrogen-bond donors (Lipinski definition) is 1. The standard InChI is InChI=1S/C14H19NO2/c1-16-13-6-4-9-10-7-8-15-12(10)5-3-11(9)14(13)17-2/h4,6,10,12,15H,3,5,7-8H2,1-2H3/t10?,12-/m1/s1. The van der Waals surface area contributed by atoms with Crippen LogP contribution in [-0.4, -0.2) is 26.8 Å². The van der Waals surface area contributed by atoms with Crippen molar-refractivity contribution in [2.75, 3.05) is 20.8 Å². The summed E-state index contributed by atoms with van der Waals surface area (Å²) >= 11 is 0. The van der Waals surface area contributed by atoms with E-state index in [0.29, 0.717) is 12.0 Å². The predicted octanol–water partition coefficient (Wildman–Crippen LogP) is 2.10. The van der Waals surface area contributed by atoms with Gasteiger partial charge in [0.1, 0.15) is 0 Å². The Labute approximate surface area is 102 Å². The molecule has 1 unspecified atom stereocenters. The van der Waals surface area contributed by atoms with Crippen LogP contribution in [0, 0.1) is 0 Å². The topological polar surface area (TPSA) is 30.5 Å². The summed E-state index contributed by atoms with van der Waals surface area (Å²) in [6, 6.07) is 4.93. The van der Waals surface area contributed by atoms with Gasteiger partial charge in [-0.15, -0.1) is 0 Å². The van der Waals surface area contributed by atoms with Crippen LogP contribution in [0.5, 0.6) is 11.5 Å². The van der Waals surface area contributed by atoms with Crippen molar-refractivity contribution in [1.29, 1.82) is 0 Å². The second-order valence-corrected chi connectivity index (χ2v) is 4.86. The number of hydrogen-bond acceptors (Lipinski definition) is 3. The molecule has 1 fully saturated rings. The monoisotopic (exact) mass is 233 g/mol. The first kappa shape index (κ1) is 10.9. The van der Waals surface area contributed by atoms with Crippen molar-refractivity contribution in [2.24, 2.45) is 0 Å². The van der Waals surface area contributed by atoms with Crippen LogP contribution in [0.2, 0.25) is 0 Å². The molecule has 1 aromatic rings. The van der Waals surface area contributed by atoms with E-state index in [4.69, 9.17) is 9.47 Å². The minimum atomic E-state index is 0.665. The lowest BCUT2D eigenvalue weighted by atomic mass is 9.79. The summed E-state index contributed by atoms with van der Waals surface area (Å²) in [5.41, 5.74) is 2.82. The van der Waals surface area contributed by atoms with Gasteiger partial charge in [0.15, 0.2) is 11.5 Å². The zero-order valence-corrected chi connectivity index (χ0v) is 10.5. The number of benzene rings is 1. The van der Waals surface area contributed by atoms with E-state index in [1.54, 1.807) is 14.2 Å². The number of fused-ring (bicyclic) bond motifs is 3. The minimum absolute atomic E-state index is 0.665. The molecule has 92 valence electrons. The van der Waals surface area contributed by atoms with Gasteiger partial charge in [-0.25, -0.2) is 0 Å². The highest BCUT2D eigenvalue weighted by Gasteiger charge is 2.34. The molecule has 1 aromatic carbocycles. The third-order valence-electron chi connectivity index (χ3n) is 4.14. The molecule has 2 aliphatic rings. The van der Waals surface area contributed by atoms with Crippen LogP contribution in [0.15, 0.2) is 12.1 Å². The Balaban J connectivity index is 2.09. The first-order valence-corrected chi connectivity index (χ1v) is 6.32. The molecule has 0 aromatic heterocycles. The zero-order chi connectivity index (χ0) is 11.8. The molecular weight excluding hydrogens is 214 g/mol. The van der Waals surface area contributed by atoms with E-state index < -0.39 is 0 Å². The van der Waals surface area contributed by atoms with Gasteiger partial charge in [-0.2, -0.15) is 0 Å². The Kier molecular flexibility index (Phi) is 2.71. The smallest absolute Gasteiger partial charge is 0.164 e. The van der Waals surface area contributed by atoms with Crippen molar-refractivity contribution in [1.82, 2.24) is 5.32 Å². The van der Waals surface area contributed by atoms with Crippen LogP contribution >= 0.6 is 0 Å². The van der Waals surface area contributed by atoms with Gasteiger partial charge in [0, 0.05) is 17.5 Å². The van der Waals surface area contributed by atoms with Gasteiger partial charge in [-0.1, -0.05) is 6.07 Å². The van der Waals surface area contributed by atoms with Crippen LogP contribution in [0.4, 0.5) is 0 Å². The summed E-state index contributed by atoms with van der Waals surface area (Å²) < 4.78 is 10.9. The molecule has 0 amide bonds. The molecule has 3 rings (SSSR count). The van der Waals surface area contributed by atoms with E-state index in [1.165, 1.54) is 24.0 Å². The fourth-order valence-electron chi connectivity index (χ4n) is 3.35. The maximum Gasteiger partial charge on any atom is 0.164 e. The molecule has 1 N–H and O–H groups in total. The molecule has 1 heterocycles. The molecule has 1 aliphatic heterocycles. The molecule has 2 atom stereocenters. The molecule has 0 radical (unpaired) electrons. The highest BCUT2D eigenvalue weighted by Crippen LogP contribution is 2.44. The summed E-state index contributed by atoms with van der Waals surface area (Å²) in [4.78, 5) is 0. The van der Waals surface area contributed by atoms with E-state index in [-0.39, 0.29) is 0 Å². The number of methoxy groups -OCH3 is 2. The van der Waals surface area contributed by atoms with Crippen LogP contribution < -0.4 is 14.8 Å². The molecule has 3 nitrogen and oxygen atoms in total. The first-order valence-electron chi connectivity index (χ1n) is 6.32. The van der Waals surface area contributed by atoms with Crippen molar-refractivity contribution in [3.05, 3.63) is 23.3 Å². The van der Waals surface area contributed by atoms with E-state index in [0.717, 1.165) is 24.5 Å². The number of nitrogens with one attached hydrogen (secondary N) is 1. The van der Waals surface area contributed by atoms with E-state index in [9.17, 15) is 0 Å². The van der Waals surface area contributed by atoms with Gasteiger partial charge in [0.2, 0.25) is 0 Å². The first-order chi connectivity index (χ1) is 8.35. The lowest BCUT2D eigenvalue weighted by Crippen LogP contribution is -2.30. The zero-order valence-electron chi connectivity index (χ0n) is 10.5. The Bertz CT molecular complexity index is 430. The predicted molar refractivity (Wildman–Crippen MR) is 67.0 cm³/mol. The molecule has 1 aliphatic carbocycles. The average molecular weight is 233 g/mol. The quantitative estimate of drug-likeness (QED) is 0.848. The Morgan fingerprint density at radius 1 is 1.18 bits per heavy atom. The van der Waals surface area contributed by atoms with Gasteiger partial charge in [0.05, 0.1) is 14.2 Å². The molecule has 17 heavy (non-hydrogen) atoms. The van der Waals surface area contributed by atoms with Crippen LogP contribution in [-0.2, 0) is 6.42 Å². The summed E-state index contributed by atoms with van der Waals surface area (Å²) in [6.07, 6.45) is 3.54. The SMILES string of the molecule is COc1ccc2c(c1OC)CC[C@H]1NCCC21. The summed E-state index contributed by atoms with van der Waals surface area (Å²) in [5, 5.41) is 3.59. The largest absolute Gasteiger partial charge is 0.493 e. The van der Waals surface area contributed by atoms with Crippen molar-refractivity contribution >= 4 is 0 Å². The average Bonchev–Trinajstić information content (AvgIpc) is 2.85. The molecular formula is C14H19NO2. The Morgan fingerprint density at radius 3 is 2.82 bits per heavy atom. The lowest BCUT2D eigenvalue weighted by Gasteiger charge is -2.29. The number of rotatable bonds is 2. The van der Waals surface area contributed by atoms with Crippen molar-refractivity contribution in [3.8, 4) is 11.5 Å². The van der Waals surface area contributed by atoms with Gasteiger partial charge in [-0.3, -0.25) is 0 Å². The molecule has 0 spiro atoms. The second-order valence-electron chi connectivity index (χ2n) is 4.86. The normalized spacial score (nSPS) is 26.2. The maximum atomic E-state index is 5.54. The van der Waals surface area contributed by atoms with Gasteiger partial charge in [-0.05, 0) is 37.4 Å². The van der Waals surface area contributed by atoms with E-state index in [2.05, 4.69) is 11.4 Å². The van der Waals surface area contributed by atoms with Gasteiger partial charge < -0.3 is 14.8 Å². The molecule has 0 saturated carbocycles. The van der Waals surface area contributed by atoms with Crippen LogP contribution in [0.1, 0.15) is 29.9 Å². The second kappa shape index (κ2) is 4.22. The van der Waals surface area contributed by atoms with Crippen LogP contribution in [0.3, 0.4) is 0 Å². The molecule has 3 heteroatoms. The highest BCUT2D eigenvalue weighted by molar-refractivity contribution is 5.53. The van der Waals surface area contributed by atoms with E-state index in [1.807, 2.05) is 6.07 Å². The van der Waals surface area contributed by atoms with Gasteiger partial charge >= 0.3 is 0 Å².